The molecule has 3 amide bonds. The van der Waals surface area contributed by atoms with E-state index in [-0.39, 0.29) is 36.2 Å². The lowest BCUT2D eigenvalue weighted by molar-refractivity contribution is -0.143. The van der Waals surface area contributed by atoms with Crippen LogP contribution in [0.4, 0.5) is 5.69 Å². The Morgan fingerprint density at radius 1 is 0.939 bits per heavy atom. The molecule has 7 heteroatoms. The van der Waals surface area contributed by atoms with Crippen LogP contribution in [0.5, 0.6) is 0 Å². The van der Waals surface area contributed by atoms with Gasteiger partial charge in [-0.25, -0.2) is 0 Å². The van der Waals surface area contributed by atoms with Crippen molar-refractivity contribution < 1.29 is 14.4 Å². The second-order valence-corrected chi connectivity index (χ2v) is 10.3. The van der Waals surface area contributed by atoms with E-state index in [2.05, 4.69) is 10.2 Å². The van der Waals surface area contributed by atoms with E-state index in [0.717, 1.165) is 50.6 Å². The minimum Gasteiger partial charge on any atom is -0.352 e. The number of rotatable bonds is 5. The van der Waals surface area contributed by atoms with Gasteiger partial charge in [0.15, 0.2) is 0 Å². The van der Waals surface area contributed by atoms with Gasteiger partial charge in [-0.2, -0.15) is 0 Å². The molecule has 4 aliphatic rings. The van der Waals surface area contributed by atoms with Crippen LogP contribution in [0.25, 0.3) is 0 Å². The molecule has 4 fully saturated rings. The van der Waals surface area contributed by atoms with Crippen molar-refractivity contribution in [2.24, 2.45) is 5.92 Å². The molecule has 0 bridgehead atoms. The summed E-state index contributed by atoms with van der Waals surface area (Å²) in [5.74, 6) is 0.416. The van der Waals surface area contributed by atoms with Crippen molar-refractivity contribution in [1.82, 2.24) is 15.1 Å². The fraction of sp³-hybridized carbons (Fsp3) is 0.654. The number of amides is 3. The van der Waals surface area contributed by atoms with Crippen LogP contribution < -0.4 is 10.2 Å². The van der Waals surface area contributed by atoms with Gasteiger partial charge in [-0.1, -0.05) is 43.9 Å². The van der Waals surface area contributed by atoms with Crippen molar-refractivity contribution in [3.8, 4) is 0 Å². The van der Waals surface area contributed by atoms with Gasteiger partial charge >= 0.3 is 0 Å². The van der Waals surface area contributed by atoms with Crippen LogP contribution >= 0.6 is 0 Å². The van der Waals surface area contributed by atoms with Crippen molar-refractivity contribution in [3.05, 3.63) is 30.3 Å². The maximum Gasteiger partial charge on any atom is 0.250 e. The van der Waals surface area contributed by atoms with Crippen molar-refractivity contribution in [3.63, 3.8) is 0 Å². The lowest BCUT2D eigenvalue weighted by atomic mass is 9.81. The first kappa shape index (κ1) is 22.2. The zero-order valence-electron chi connectivity index (χ0n) is 19.5. The van der Waals surface area contributed by atoms with Crippen LogP contribution in [-0.4, -0.2) is 65.4 Å². The Hall–Kier alpha value is -2.57. The predicted molar refractivity (Wildman–Crippen MR) is 126 cm³/mol. The SMILES string of the molecule is O=C(CN1CN(c2ccccc2)C2(CCN(C(=O)C3CCC3)CC2)C1=O)NC1CCCCC1. The highest BCUT2D eigenvalue weighted by molar-refractivity contribution is 5.96. The van der Waals surface area contributed by atoms with Crippen LogP contribution in [0, 0.1) is 5.92 Å². The average molecular weight is 453 g/mol. The summed E-state index contributed by atoms with van der Waals surface area (Å²) in [6.07, 6.45) is 10.00. The highest BCUT2D eigenvalue weighted by atomic mass is 16.2. The quantitative estimate of drug-likeness (QED) is 0.746. The molecule has 2 saturated carbocycles. The number of para-hydroxylation sites is 1. The van der Waals surface area contributed by atoms with Crippen molar-refractivity contribution in [2.75, 3.05) is 31.2 Å². The number of carbonyl (C=O) groups excluding carboxylic acids is 3. The lowest BCUT2D eigenvalue weighted by Gasteiger charge is -2.44. The first-order chi connectivity index (χ1) is 16.1. The number of carbonyl (C=O) groups is 3. The molecule has 1 aromatic carbocycles. The summed E-state index contributed by atoms with van der Waals surface area (Å²) in [6, 6.07) is 10.3. The Kier molecular flexibility index (Phi) is 6.30. The highest BCUT2D eigenvalue weighted by Crippen LogP contribution is 2.40. The number of hydrogen-bond acceptors (Lipinski definition) is 4. The Balaban J connectivity index is 1.30. The van der Waals surface area contributed by atoms with Gasteiger partial charge in [0.05, 0.1) is 6.67 Å². The maximum absolute atomic E-state index is 13.8. The number of likely N-dealkylation sites (tertiary alicyclic amines) is 1. The molecule has 1 spiro atoms. The number of nitrogens with zero attached hydrogens (tertiary/aromatic N) is 3. The third kappa shape index (κ3) is 4.34. The minimum absolute atomic E-state index is 0.0286. The zero-order valence-corrected chi connectivity index (χ0v) is 19.5. The molecule has 1 N–H and O–H groups in total. The van der Waals surface area contributed by atoms with Crippen LogP contribution in [0.2, 0.25) is 0 Å². The molecule has 1 aromatic rings. The summed E-state index contributed by atoms with van der Waals surface area (Å²) in [5, 5.41) is 3.16. The molecular weight excluding hydrogens is 416 g/mol. The van der Waals surface area contributed by atoms with Crippen LogP contribution in [-0.2, 0) is 14.4 Å². The fourth-order valence-corrected chi connectivity index (χ4v) is 6.03. The molecule has 2 aliphatic carbocycles. The van der Waals surface area contributed by atoms with E-state index in [0.29, 0.717) is 32.6 Å². The van der Waals surface area contributed by atoms with Crippen LogP contribution in [0.15, 0.2) is 30.3 Å². The third-order valence-electron chi connectivity index (χ3n) is 8.24. The zero-order chi connectivity index (χ0) is 22.8. The summed E-state index contributed by atoms with van der Waals surface area (Å²) in [6.45, 7) is 1.72. The number of benzene rings is 1. The average Bonchev–Trinajstić information content (AvgIpc) is 3.05. The van der Waals surface area contributed by atoms with E-state index in [1.165, 1.54) is 6.42 Å². The molecular formula is C26H36N4O3. The molecule has 33 heavy (non-hydrogen) atoms. The first-order valence-corrected chi connectivity index (χ1v) is 12.8. The Labute approximate surface area is 196 Å². The van der Waals surface area contributed by atoms with Gasteiger partial charge in [0.2, 0.25) is 11.8 Å². The summed E-state index contributed by atoms with van der Waals surface area (Å²) < 4.78 is 0. The Morgan fingerprint density at radius 2 is 1.64 bits per heavy atom. The summed E-state index contributed by atoms with van der Waals surface area (Å²) in [7, 11) is 0. The van der Waals surface area contributed by atoms with Gasteiger partial charge in [-0.05, 0) is 50.7 Å². The number of nitrogens with one attached hydrogen (secondary N) is 1. The molecule has 2 aliphatic heterocycles. The van der Waals surface area contributed by atoms with Crippen LogP contribution in [0.1, 0.15) is 64.2 Å². The number of piperidine rings is 1. The van der Waals surface area contributed by atoms with Gasteiger partial charge in [0.1, 0.15) is 12.1 Å². The maximum atomic E-state index is 13.8. The van der Waals surface area contributed by atoms with Crippen molar-refractivity contribution in [1.29, 1.82) is 0 Å². The number of anilines is 1. The van der Waals surface area contributed by atoms with Crippen LogP contribution in [0.3, 0.4) is 0 Å². The normalized spacial score (nSPS) is 23.6. The second kappa shape index (κ2) is 9.35. The number of hydrogen-bond donors (Lipinski definition) is 1. The van der Waals surface area contributed by atoms with E-state index >= 15 is 0 Å². The summed E-state index contributed by atoms with van der Waals surface area (Å²) >= 11 is 0. The molecule has 178 valence electrons. The second-order valence-electron chi connectivity index (χ2n) is 10.3. The Morgan fingerprint density at radius 3 is 2.27 bits per heavy atom. The summed E-state index contributed by atoms with van der Waals surface area (Å²) in [4.78, 5) is 45.2. The highest BCUT2D eigenvalue weighted by Gasteiger charge is 2.54. The molecule has 0 aromatic heterocycles. The molecule has 0 radical (unpaired) electrons. The van der Waals surface area contributed by atoms with E-state index in [9.17, 15) is 14.4 Å². The molecule has 5 rings (SSSR count). The standard InChI is InChI=1S/C26H36N4O3/c31-23(27-21-10-3-1-4-11-21)18-29-19-30(22-12-5-2-6-13-22)26(25(29)33)14-16-28(17-15-26)24(32)20-8-7-9-20/h2,5-6,12-13,20-21H,1,3-4,7-11,14-19H2,(H,27,31). The van der Waals surface area contributed by atoms with Gasteiger partial charge in [-0.3, -0.25) is 14.4 Å². The molecule has 2 saturated heterocycles. The third-order valence-corrected chi connectivity index (χ3v) is 8.24. The molecule has 0 atom stereocenters. The lowest BCUT2D eigenvalue weighted by Crippen LogP contribution is -2.58. The predicted octanol–water partition coefficient (Wildman–Crippen LogP) is 2.90. The van der Waals surface area contributed by atoms with Gasteiger partial charge in [-0.15, -0.1) is 0 Å². The van der Waals surface area contributed by atoms with Gasteiger partial charge in [0, 0.05) is 30.7 Å². The largest absolute Gasteiger partial charge is 0.352 e. The van der Waals surface area contributed by atoms with E-state index in [4.69, 9.17) is 0 Å². The van der Waals surface area contributed by atoms with Crippen molar-refractivity contribution in [2.45, 2.75) is 75.8 Å². The smallest absolute Gasteiger partial charge is 0.250 e. The molecule has 7 nitrogen and oxygen atoms in total. The molecule has 2 heterocycles. The monoisotopic (exact) mass is 452 g/mol. The minimum atomic E-state index is -0.678. The topological polar surface area (TPSA) is 73.0 Å². The van der Waals surface area contributed by atoms with E-state index < -0.39 is 5.54 Å². The van der Waals surface area contributed by atoms with E-state index in [1.807, 2.05) is 35.2 Å². The summed E-state index contributed by atoms with van der Waals surface area (Å²) in [5.41, 5.74) is 0.322. The Bertz CT molecular complexity index is 871. The fourth-order valence-electron chi connectivity index (χ4n) is 6.03. The van der Waals surface area contributed by atoms with Crippen molar-refractivity contribution >= 4 is 23.4 Å². The molecule has 0 unspecified atom stereocenters. The van der Waals surface area contributed by atoms with E-state index in [1.54, 1.807) is 4.90 Å². The van der Waals surface area contributed by atoms with Gasteiger partial charge in [0.25, 0.3) is 5.91 Å². The first-order valence-electron chi connectivity index (χ1n) is 12.8. The van der Waals surface area contributed by atoms with Gasteiger partial charge < -0.3 is 20.0 Å².